The van der Waals surface area contributed by atoms with E-state index in [1.165, 1.54) is 11.3 Å². The lowest BCUT2D eigenvalue weighted by atomic mass is 10.0. The van der Waals surface area contributed by atoms with Crippen LogP contribution in [0.5, 0.6) is 0 Å². The van der Waals surface area contributed by atoms with Gasteiger partial charge in [-0.1, -0.05) is 47.7 Å². The van der Waals surface area contributed by atoms with Crippen LogP contribution in [0.3, 0.4) is 0 Å². The van der Waals surface area contributed by atoms with Gasteiger partial charge in [0.05, 0.1) is 18.2 Å². The number of fused-ring (bicyclic) bond motifs is 1. The molecule has 0 bridgehead atoms. The van der Waals surface area contributed by atoms with Crippen LogP contribution in [0.25, 0.3) is 0 Å². The number of nitrogens with zero attached hydrogens (tertiary/aromatic N) is 4. The standard InChI is InChI=1S/C29H36N6O3/c30-26(15-16-28(36)38-22-23-9-2-1-3-10-23)29(37)31-17-8-20-35-21-25(32-33-35)13-7-19-34-18-6-12-24-11-4-5-14-27(24)34/h1-6,9-10,12,18,21,26H,7-8,11,13-17,19-20,22,30H2/p+1. The fourth-order valence-electron chi connectivity index (χ4n) is 4.47. The number of nitrogens with two attached hydrogens (primary N) is 1. The lowest BCUT2D eigenvalue weighted by molar-refractivity contribution is -0.704. The Balaban J connectivity index is 1.08. The Labute approximate surface area is 223 Å². The highest BCUT2D eigenvalue weighted by Gasteiger charge is 2.17. The summed E-state index contributed by atoms with van der Waals surface area (Å²) in [5, 5.41) is 11.3. The van der Waals surface area contributed by atoms with Crippen LogP contribution in [0.4, 0.5) is 0 Å². The molecule has 0 spiro atoms. The fourth-order valence-corrected chi connectivity index (χ4v) is 4.47. The number of aromatic nitrogens is 4. The third kappa shape index (κ3) is 8.34. The van der Waals surface area contributed by atoms with E-state index in [0.717, 1.165) is 43.5 Å². The number of carbonyl (C=O) groups excluding carboxylic acids is 2. The zero-order valence-electron chi connectivity index (χ0n) is 21.8. The summed E-state index contributed by atoms with van der Waals surface area (Å²) in [6.45, 7) is 2.31. The summed E-state index contributed by atoms with van der Waals surface area (Å²) in [5.41, 5.74) is 10.7. The zero-order chi connectivity index (χ0) is 26.6. The Hall–Kier alpha value is -3.85. The Bertz CT molecular complexity index is 1220. The molecule has 1 atom stereocenters. The minimum absolute atomic E-state index is 0.103. The molecule has 1 aliphatic carbocycles. The first-order chi connectivity index (χ1) is 18.6. The van der Waals surface area contributed by atoms with Crippen molar-refractivity contribution in [1.82, 2.24) is 20.3 Å². The molecule has 9 heteroatoms. The van der Waals surface area contributed by atoms with Gasteiger partial charge in [-0.2, -0.15) is 0 Å². The maximum Gasteiger partial charge on any atom is 0.306 e. The van der Waals surface area contributed by atoms with Gasteiger partial charge in [-0.3, -0.25) is 14.3 Å². The molecule has 2 heterocycles. The van der Waals surface area contributed by atoms with E-state index >= 15 is 0 Å². The second-order valence-corrected chi connectivity index (χ2v) is 9.57. The number of aryl methyl sites for hydroxylation is 3. The second kappa shape index (κ2) is 14.2. The monoisotopic (exact) mass is 517 g/mol. The number of ether oxygens (including phenoxy) is 1. The Morgan fingerprint density at radius 2 is 1.95 bits per heavy atom. The molecule has 4 rings (SSSR count). The van der Waals surface area contributed by atoms with Crippen molar-refractivity contribution in [3.8, 4) is 0 Å². The number of nitrogens with one attached hydrogen (secondary N) is 1. The number of rotatable bonds is 14. The minimum Gasteiger partial charge on any atom is -0.461 e. The summed E-state index contributed by atoms with van der Waals surface area (Å²) < 4.78 is 9.39. The van der Waals surface area contributed by atoms with Gasteiger partial charge in [-0.05, 0) is 37.3 Å². The van der Waals surface area contributed by atoms with E-state index in [0.29, 0.717) is 19.5 Å². The van der Waals surface area contributed by atoms with Crippen LogP contribution in [-0.2, 0) is 53.3 Å². The molecule has 1 amide bonds. The molecule has 3 aromatic rings. The van der Waals surface area contributed by atoms with Crippen molar-refractivity contribution in [2.45, 2.75) is 70.7 Å². The molecule has 38 heavy (non-hydrogen) atoms. The highest BCUT2D eigenvalue weighted by atomic mass is 16.5. The van der Waals surface area contributed by atoms with Gasteiger partial charge in [0.1, 0.15) is 13.2 Å². The molecule has 9 nitrogen and oxygen atoms in total. The van der Waals surface area contributed by atoms with Crippen molar-refractivity contribution < 1.29 is 18.9 Å². The molecule has 3 N–H and O–H groups in total. The van der Waals surface area contributed by atoms with E-state index in [2.05, 4.69) is 50.7 Å². The lowest BCUT2D eigenvalue weighted by Crippen LogP contribution is -2.41. The molecule has 0 saturated carbocycles. The first kappa shape index (κ1) is 27.2. The van der Waals surface area contributed by atoms with Gasteiger partial charge < -0.3 is 15.8 Å². The smallest absolute Gasteiger partial charge is 0.306 e. The number of pyridine rings is 1. The van der Waals surface area contributed by atoms with Crippen LogP contribution in [0, 0.1) is 0 Å². The van der Waals surface area contributed by atoms with Crippen LogP contribution < -0.4 is 15.6 Å². The first-order valence-corrected chi connectivity index (χ1v) is 13.4. The number of carbonyl (C=O) groups is 2. The van der Waals surface area contributed by atoms with Crippen LogP contribution in [0.1, 0.15) is 48.2 Å². The van der Waals surface area contributed by atoms with E-state index in [9.17, 15) is 9.59 Å². The normalized spacial score (nSPS) is 13.1. The Morgan fingerprint density at radius 1 is 1.11 bits per heavy atom. The van der Waals surface area contributed by atoms with Gasteiger partial charge in [0, 0.05) is 43.8 Å². The molecular formula is C29H37N6O3+. The molecule has 2 aromatic heterocycles. The predicted octanol–water partition coefficient (Wildman–Crippen LogP) is 2.21. The lowest BCUT2D eigenvalue weighted by Gasteiger charge is -2.12. The van der Waals surface area contributed by atoms with Crippen molar-refractivity contribution in [2.24, 2.45) is 5.73 Å². The zero-order valence-corrected chi connectivity index (χ0v) is 21.8. The van der Waals surface area contributed by atoms with E-state index in [4.69, 9.17) is 10.5 Å². The first-order valence-electron chi connectivity index (χ1n) is 13.4. The average molecular weight is 518 g/mol. The molecule has 1 unspecified atom stereocenters. The third-order valence-corrected chi connectivity index (χ3v) is 6.62. The summed E-state index contributed by atoms with van der Waals surface area (Å²) in [5.74, 6) is -0.630. The quantitative estimate of drug-likeness (QED) is 0.147. The number of hydrogen-bond acceptors (Lipinski definition) is 6. The number of esters is 1. The maximum atomic E-state index is 12.2. The van der Waals surface area contributed by atoms with Crippen molar-refractivity contribution in [3.05, 3.63) is 89.5 Å². The van der Waals surface area contributed by atoms with E-state index in [1.54, 1.807) is 0 Å². The van der Waals surface area contributed by atoms with Gasteiger partial charge in [0.2, 0.25) is 5.91 Å². The van der Waals surface area contributed by atoms with Gasteiger partial charge >= 0.3 is 5.97 Å². The maximum absolute atomic E-state index is 12.2. The molecule has 1 aliphatic rings. The Kier molecular flexibility index (Phi) is 10.1. The summed E-state index contributed by atoms with van der Waals surface area (Å²) in [6, 6.07) is 13.1. The van der Waals surface area contributed by atoms with Crippen LogP contribution in [0.15, 0.2) is 67.0 Å². The molecule has 200 valence electrons. The Morgan fingerprint density at radius 3 is 2.82 bits per heavy atom. The van der Waals surface area contributed by atoms with E-state index in [1.807, 2.05) is 41.2 Å². The highest BCUT2D eigenvalue weighted by Crippen LogP contribution is 2.12. The summed E-state index contributed by atoms with van der Waals surface area (Å²) in [6.07, 6.45) is 13.5. The van der Waals surface area contributed by atoms with E-state index in [-0.39, 0.29) is 31.3 Å². The second-order valence-electron chi connectivity index (χ2n) is 9.57. The van der Waals surface area contributed by atoms with Crippen molar-refractivity contribution in [3.63, 3.8) is 0 Å². The minimum atomic E-state index is -0.749. The number of benzene rings is 1. The molecule has 1 aromatic carbocycles. The third-order valence-electron chi connectivity index (χ3n) is 6.62. The summed E-state index contributed by atoms with van der Waals surface area (Å²) in [4.78, 5) is 24.2. The largest absolute Gasteiger partial charge is 0.461 e. The highest BCUT2D eigenvalue weighted by molar-refractivity contribution is 5.82. The predicted molar refractivity (Wildman–Crippen MR) is 143 cm³/mol. The van der Waals surface area contributed by atoms with Gasteiger partial charge in [-0.15, -0.1) is 5.10 Å². The van der Waals surface area contributed by atoms with Gasteiger partial charge in [-0.25, -0.2) is 4.57 Å². The topological polar surface area (TPSA) is 116 Å². The average Bonchev–Trinajstić information content (AvgIpc) is 3.41. The fraction of sp³-hybridized carbons (Fsp3) is 0.414. The molecule has 0 fully saturated rings. The van der Waals surface area contributed by atoms with Crippen molar-refractivity contribution in [2.75, 3.05) is 6.54 Å². The van der Waals surface area contributed by atoms with Crippen LogP contribution in [-0.4, -0.2) is 39.5 Å². The number of hydrogen-bond donors (Lipinski definition) is 2. The van der Waals surface area contributed by atoms with E-state index < -0.39 is 6.04 Å². The van der Waals surface area contributed by atoms with Crippen LogP contribution in [0.2, 0.25) is 0 Å². The summed E-state index contributed by atoms with van der Waals surface area (Å²) in [7, 11) is 0. The summed E-state index contributed by atoms with van der Waals surface area (Å²) >= 11 is 0. The van der Waals surface area contributed by atoms with Gasteiger partial charge in [0.25, 0.3) is 0 Å². The molecule has 0 saturated heterocycles. The van der Waals surface area contributed by atoms with Crippen LogP contribution >= 0.6 is 0 Å². The molecular weight excluding hydrogens is 480 g/mol. The van der Waals surface area contributed by atoms with Crippen molar-refractivity contribution >= 4 is 11.9 Å². The molecule has 0 aliphatic heterocycles. The number of allylic oxidation sites excluding steroid dienone is 2. The molecule has 0 radical (unpaired) electrons. The SMILES string of the molecule is NC(CCC(=O)OCc1ccccc1)C(=O)NCCCn1cc(CCC[n+]2cccc3c2CC=CC3)nn1. The van der Waals surface area contributed by atoms with Gasteiger partial charge in [0.15, 0.2) is 11.9 Å². The van der Waals surface area contributed by atoms with Crippen molar-refractivity contribution in [1.29, 1.82) is 0 Å². The number of amides is 1.